The van der Waals surface area contributed by atoms with Gasteiger partial charge in [-0.15, -0.1) is 0 Å². The zero-order valence-corrected chi connectivity index (χ0v) is 13.5. The molecule has 0 amide bonds. The van der Waals surface area contributed by atoms with Gasteiger partial charge in [0.15, 0.2) is 5.17 Å². The van der Waals surface area contributed by atoms with Gasteiger partial charge in [-0.05, 0) is 30.0 Å². The number of aliphatic imine (C=N–C) groups is 1. The molecule has 0 bridgehead atoms. The van der Waals surface area contributed by atoms with Gasteiger partial charge in [-0.1, -0.05) is 44.1 Å². The lowest BCUT2D eigenvalue weighted by atomic mass is 9.85. The first-order chi connectivity index (χ1) is 9.40. The summed E-state index contributed by atoms with van der Waals surface area (Å²) < 4.78 is 0. The van der Waals surface area contributed by atoms with E-state index in [4.69, 9.17) is 21.9 Å². The third-order valence-corrected chi connectivity index (χ3v) is 4.48. The van der Waals surface area contributed by atoms with Crippen LogP contribution in [0.25, 0.3) is 0 Å². The van der Waals surface area contributed by atoms with E-state index in [1.807, 2.05) is 6.07 Å². The maximum Gasteiger partial charge on any atom is 0.161 e. The van der Waals surface area contributed by atoms with E-state index in [0.717, 1.165) is 23.0 Å². The Kier molecular flexibility index (Phi) is 4.62. The molecular formula is C15H18ClN3S. The standard InChI is InChI=1S/C15H18ClN3S/c1-15(2,3)13-6-7-20-14(19-13)18-11-5-4-10(9-17)12(16)8-11/h4-5,8,13H,6-7H2,1-3H3,(H,18,19). The van der Waals surface area contributed by atoms with Crippen molar-refractivity contribution in [3.05, 3.63) is 28.8 Å². The number of nitriles is 1. The number of amidine groups is 1. The summed E-state index contributed by atoms with van der Waals surface area (Å²) in [7, 11) is 0. The van der Waals surface area contributed by atoms with Gasteiger partial charge in [0.2, 0.25) is 0 Å². The van der Waals surface area contributed by atoms with Crippen LogP contribution in [0.5, 0.6) is 0 Å². The molecule has 106 valence electrons. The Morgan fingerprint density at radius 1 is 1.45 bits per heavy atom. The van der Waals surface area contributed by atoms with E-state index < -0.39 is 0 Å². The van der Waals surface area contributed by atoms with Crippen LogP contribution in [0.15, 0.2) is 23.2 Å². The van der Waals surface area contributed by atoms with Gasteiger partial charge in [0.25, 0.3) is 0 Å². The van der Waals surface area contributed by atoms with Gasteiger partial charge in [0.1, 0.15) is 6.07 Å². The fraction of sp³-hybridized carbons (Fsp3) is 0.467. The molecule has 1 N–H and O–H groups in total. The van der Waals surface area contributed by atoms with Crippen LogP contribution in [0.4, 0.5) is 5.69 Å². The molecule has 1 heterocycles. The molecule has 0 aliphatic carbocycles. The summed E-state index contributed by atoms with van der Waals surface area (Å²) >= 11 is 7.76. The Labute approximate surface area is 129 Å². The molecule has 2 rings (SSSR count). The average molecular weight is 308 g/mol. The van der Waals surface area contributed by atoms with E-state index in [1.54, 1.807) is 23.9 Å². The highest BCUT2D eigenvalue weighted by molar-refractivity contribution is 8.14. The molecule has 1 aromatic rings. The third-order valence-electron chi connectivity index (χ3n) is 3.24. The second-order valence-corrected chi connectivity index (χ2v) is 7.38. The van der Waals surface area contributed by atoms with Gasteiger partial charge in [0, 0.05) is 11.4 Å². The van der Waals surface area contributed by atoms with Gasteiger partial charge in [0.05, 0.1) is 16.6 Å². The zero-order chi connectivity index (χ0) is 14.8. The highest BCUT2D eigenvalue weighted by Gasteiger charge is 2.27. The molecule has 0 spiro atoms. The SMILES string of the molecule is CC(C)(C)C1CCSC(Nc2ccc(C#N)c(Cl)c2)=N1. The number of benzene rings is 1. The van der Waals surface area contributed by atoms with Crippen LogP contribution in [0, 0.1) is 16.7 Å². The van der Waals surface area contributed by atoms with E-state index in [9.17, 15) is 0 Å². The van der Waals surface area contributed by atoms with Gasteiger partial charge >= 0.3 is 0 Å². The first-order valence-corrected chi connectivity index (χ1v) is 7.94. The summed E-state index contributed by atoms with van der Waals surface area (Å²) in [5.41, 5.74) is 1.54. The van der Waals surface area contributed by atoms with Gasteiger partial charge in [-0.3, -0.25) is 4.99 Å². The fourth-order valence-corrected chi connectivity index (χ4v) is 3.16. The minimum atomic E-state index is 0.177. The molecule has 1 aromatic carbocycles. The molecule has 0 saturated heterocycles. The number of hydrogen-bond acceptors (Lipinski definition) is 4. The number of halogens is 1. The molecule has 1 unspecified atom stereocenters. The van der Waals surface area contributed by atoms with Gasteiger partial charge < -0.3 is 5.32 Å². The topological polar surface area (TPSA) is 48.2 Å². The molecule has 20 heavy (non-hydrogen) atoms. The van der Waals surface area contributed by atoms with Crippen LogP contribution in [0.1, 0.15) is 32.8 Å². The summed E-state index contributed by atoms with van der Waals surface area (Å²) in [5, 5.41) is 13.6. The second-order valence-electron chi connectivity index (χ2n) is 5.88. The lowest BCUT2D eigenvalue weighted by Gasteiger charge is -2.31. The lowest BCUT2D eigenvalue weighted by molar-refractivity contribution is 0.316. The first-order valence-electron chi connectivity index (χ1n) is 6.57. The summed E-state index contributed by atoms with van der Waals surface area (Å²) in [5.74, 6) is 1.07. The van der Waals surface area contributed by atoms with E-state index in [2.05, 4.69) is 32.2 Å². The van der Waals surface area contributed by atoms with Gasteiger partial charge in [-0.25, -0.2) is 0 Å². The third kappa shape index (κ3) is 3.68. The summed E-state index contributed by atoms with van der Waals surface area (Å²) in [6, 6.07) is 7.74. The Balaban J connectivity index is 2.16. The monoisotopic (exact) mass is 307 g/mol. The predicted octanol–water partition coefficient (Wildman–Crippen LogP) is 4.53. The maximum absolute atomic E-state index is 8.87. The quantitative estimate of drug-likeness (QED) is 0.829. The zero-order valence-electron chi connectivity index (χ0n) is 11.9. The second kappa shape index (κ2) is 6.07. The van der Waals surface area contributed by atoms with Crippen molar-refractivity contribution < 1.29 is 0 Å². The van der Waals surface area contributed by atoms with Crippen LogP contribution in [0.3, 0.4) is 0 Å². The highest BCUT2D eigenvalue weighted by atomic mass is 35.5. The molecule has 1 aliphatic heterocycles. The summed E-state index contributed by atoms with van der Waals surface area (Å²) in [4.78, 5) is 4.78. The molecule has 1 aliphatic rings. The van der Waals surface area contributed by atoms with Crippen molar-refractivity contribution in [2.24, 2.45) is 10.4 Å². The molecule has 5 heteroatoms. The van der Waals surface area contributed by atoms with Crippen molar-refractivity contribution in [2.75, 3.05) is 11.1 Å². The van der Waals surface area contributed by atoms with E-state index in [1.165, 1.54) is 0 Å². The molecule has 3 nitrogen and oxygen atoms in total. The molecule has 0 saturated carbocycles. The Bertz CT molecular complexity index is 569. The summed E-state index contributed by atoms with van der Waals surface area (Å²) in [6.07, 6.45) is 1.10. The van der Waals surface area contributed by atoms with Crippen LogP contribution in [-0.2, 0) is 0 Å². The Morgan fingerprint density at radius 2 is 2.20 bits per heavy atom. The van der Waals surface area contributed by atoms with Crippen LogP contribution in [-0.4, -0.2) is 17.0 Å². The fourth-order valence-electron chi connectivity index (χ4n) is 2.01. The molecule has 0 aromatic heterocycles. The van der Waals surface area contributed by atoms with Crippen molar-refractivity contribution in [2.45, 2.75) is 33.2 Å². The van der Waals surface area contributed by atoms with Crippen molar-refractivity contribution in [1.82, 2.24) is 0 Å². The van der Waals surface area contributed by atoms with Crippen molar-refractivity contribution in [3.63, 3.8) is 0 Å². The Morgan fingerprint density at radius 3 is 2.80 bits per heavy atom. The van der Waals surface area contributed by atoms with Crippen molar-refractivity contribution in [1.29, 1.82) is 5.26 Å². The molecule has 0 fully saturated rings. The normalized spacial score (nSPS) is 19.1. The average Bonchev–Trinajstić information content (AvgIpc) is 2.38. The van der Waals surface area contributed by atoms with Gasteiger partial charge in [-0.2, -0.15) is 5.26 Å². The summed E-state index contributed by atoms with van der Waals surface area (Å²) in [6.45, 7) is 6.65. The van der Waals surface area contributed by atoms with E-state index in [0.29, 0.717) is 16.6 Å². The highest BCUT2D eigenvalue weighted by Crippen LogP contribution is 2.31. The first kappa shape index (κ1) is 15.2. The van der Waals surface area contributed by atoms with E-state index >= 15 is 0 Å². The largest absolute Gasteiger partial charge is 0.335 e. The smallest absolute Gasteiger partial charge is 0.161 e. The molecular weight excluding hydrogens is 290 g/mol. The minimum absolute atomic E-state index is 0.177. The van der Waals surface area contributed by atoms with Crippen molar-refractivity contribution >= 4 is 34.2 Å². The molecule has 0 radical (unpaired) electrons. The maximum atomic E-state index is 8.87. The van der Waals surface area contributed by atoms with Crippen LogP contribution >= 0.6 is 23.4 Å². The number of thioether (sulfide) groups is 1. The number of hydrogen-bond donors (Lipinski definition) is 1. The van der Waals surface area contributed by atoms with Crippen LogP contribution < -0.4 is 5.32 Å². The van der Waals surface area contributed by atoms with E-state index in [-0.39, 0.29) is 5.41 Å². The van der Waals surface area contributed by atoms with Crippen LogP contribution in [0.2, 0.25) is 5.02 Å². The lowest BCUT2D eigenvalue weighted by Crippen LogP contribution is -2.30. The number of anilines is 1. The number of nitrogens with zero attached hydrogens (tertiary/aromatic N) is 2. The molecule has 1 atom stereocenters. The Hall–Kier alpha value is -1.18. The van der Waals surface area contributed by atoms with Crippen molar-refractivity contribution in [3.8, 4) is 6.07 Å². The number of nitrogens with one attached hydrogen (secondary N) is 1. The minimum Gasteiger partial charge on any atom is -0.335 e. The predicted molar refractivity (Wildman–Crippen MR) is 87.5 cm³/mol. The number of rotatable bonds is 1.